The maximum absolute atomic E-state index is 11.4. The Kier molecular flexibility index (Phi) is 3.05. The monoisotopic (exact) mass is 233 g/mol. The fourth-order valence-corrected chi connectivity index (χ4v) is 4.91. The normalized spacial score (nSPS) is 36.7. The average molecular weight is 233 g/mol. The second-order valence-corrected chi connectivity index (χ2v) is 6.76. The molecule has 0 N–H and O–H groups in total. The van der Waals surface area contributed by atoms with Crippen LogP contribution in [0.1, 0.15) is 13.8 Å². The minimum absolute atomic E-state index is 0.128. The lowest BCUT2D eigenvalue weighted by atomic mass is 10.0. The van der Waals surface area contributed by atoms with Crippen LogP contribution in [0.3, 0.4) is 0 Å². The molecule has 0 aromatic rings. The summed E-state index contributed by atoms with van der Waals surface area (Å²) in [5.74, 6) is 1.45. The van der Waals surface area contributed by atoms with E-state index in [1.165, 1.54) is 0 Å². The van der Waals surface area contributed by atoms with E-state index < -0.39 is 9.84 Å². The first kappa shape index (κ1) is 11.4. The molecule has 0 radical (unpaired) electrons. The van der Waals surface area contributed by atoms with Crippen molar-refractivity contribution in [2.45, 2.75) is 20.1 Å². The highest BCUT2D eigenvalue weighted by atomic mass is 32.2. The molecule has 2 aliphatic rings. The molecule has 5 heteroatoms. The third kappa shape index (κ3) is 2.34. The highest BCUT2D eigenvalue weighted by molar-refractivity contribution is 7.91. The second-order valence-electron chi connectivity index (χ2n) is 4.61. The van der Waals surface area contributed by atoms with Gasteiger partial charge < -0.3 is 4.74 Å². The van der Waals surface area contributed by atoms with Gasteiger partial charge in [0.1, 0.15) is 6.23 Å². The molecule has 0 aromatic carbocycles. The molecule has 0 saturated carbocycles. The molecule has 88 valence electrons. The molecule has 2 saturated heterocycles. The van der Waals surface area contributed by atoms with Gasteiger partial charge in [-0.05, 0) is 25.7 Å². The van der Waals surface area contributed by atoms with Gasteiger partial charge in [0.05, 0.1) is 11.5 Å². The van der Waals surface area contributed by atoms with Gasteiger partial charge in [-0.25, -0.2) is 8.42 Å². The fourth-order valence-electron chi connectivity index (χ4n) is 2.72. The molecule has 2 rings (SSSR count). The summed E-state index contributed by atoms with van der Waals surface area (Å²) in [4.78, 5) is 2.26. The van der Waals surface area contributed by atoms with E-state index in [2.05, 4.69) is 4.90 Å². The van der Waals surface area contributed by atoms with Crippen LogP contribution >= 0.6 is 0 Å². The van der Waals surface area contributed by atoms with Crippen LogP contribution in [0.15, 0.2) is 0 Å². The van der Waals surface area contributed by atoms with Gasteiger partial charge in [-0.2, -0.15) is 0 Å². The van der Waals surface area contributed by atoms with Gasteiger partial charge in [0.15, 0.2) is 9.84 Å². The van der Waals surface area contributed by atoms with Gasteiger partial charge in [0.2, 0.25) is 0 Å². The van der Waals surface area contributed by atoms with Gasteiger partial charge in [0, 0.05) is 19.7 Å². The van der Waals surface area contributed by atoms with Crippen LogP contribution < -0.4 is 0 Å². The minimum Gasteiger partial charge on any atom is -0.364 e. The average Bonchev–Trinajstić information content (AvgIpc) is 2.57. The summed E-state index contributed by atoms with van der Waals surface area (Å²) in [5, 5.41) is 0. The first-order valence-corrected chi connectivity index (χ1v) is 7.40. The zero-order chi connectivity index (χ0) is 11.1. The van der Waals surface area contributed by atoms with Crippen molar-refractivity contribution in [1.29, 1.82) is 0 Å². The molecule has 0 aromatic heterocycles. The Balaban J connectivity index is 1.94. The molecule has 4 nitrogen and oxygen atoms in total. The lowest BCUT2D eigenvalue weighted by molar-refractivity contribution is -0.0327. The summed E-state index contributed by atoms with van der Waals surface area (Å²) in [6.45, 7) is 6.50. The van der Waals surface area contributed by atoms with E-state index in [1.807, 2.05) is 13.8 Å². The molecule has 2 aliphatic heterocycles. The van der Waals surface area contributed by atoms with Crippen LogP contribution in [0.5, 0.6) is 0 Å². The summed E-state index contributed by atoms with van der Waals surface area (Å²) >= 11 is 0. The van der Waals surface area contributed by atoms with Crippen LogP contribution in [0.2, 0.25) is 0 Å². The smallest absolute Gasteiger partial charge is 0.150 e. The molecule has 2 heterocycles. The number of sulfone groups is 1. The summed E-state index contributed by atoms with van der Waals surface area (Å²) in [6, 6.07) is 0. The Labute approximate surface area is 91.5 Å². The molecule has 0 aliphatic carbocycles. The molecule has 3 unspecified atom stereocenters. The molecule has 15 heavy (non-hydrogen) atoms. The molecule has 3 atom stereocenters. The second kappa shape index (κ2) is 4.03. The zero-order valence-electron chi connectivity index (χ0n) is 9.35. The van der Waals surface area contributed by atoms with Crippen molar-refractivity contribution in [3.05, 3.63) is 0 Å². The first-order valence-electron chi connectivity index (χ1n) is 5.58. The SMILES string of the molecule is CCOC(C)N1CC2CS(=O)(=O)CC2C1. The Morgan fingerprint density at radius 3 is 2.33 bits per heavy atom. The molecular formula is C10H19NO3S. The number of likely N-dealkylation sites (tertiary alicyclic amines) is 1. The maximum atomic E-state index is 11.4. The number of nitrogens with zero attached hydrogens (tertiary/aromatic N) is 1. The Morgan fingerprint density at radius 2 is 1.87 bits per heavy atom. The van der Waals surface area contributed by atoms with E-state index in [4.69, 9.17) is 4.74 Å². The quantitative estimate of drug-likeness (QED) is 0.705. The Hall–Kier alpha value is -0.130. The Morgan fingerprint density at radius 1 is 1.33 bits per heavy atom. The molecule has 2 fully saturated rings. The van der Waals surface area contributed by atoms with Crippen molar-refractivity contribution in [2.75, 3.05) is 31.2 Å². The third-order valence-electron chi connectivity index (χ3n) is 3.46. The summed E-state index contributed by atoms with van der Waals surface area (Å²) < 4.78 is 28.3. The highest BCUT2D eigenvalue weighted by Gasteiger charge is 2.44. The number of hydrogen-bond donors (Lipinski definition) is 0. The first-order chi connectivity index (χ1) is 7.02. The van der Waals surface area contributed by atoms with Gasteiger partial charge >= 0.3 is 0 Å². The lowest BCUT2D eigenvalue weighted by Crippen LogP contribution is -2.34. The Bertz CT molecular complexity index is 308. The number of hydrogen-bond acceptors (Lipinski definition) is 4. The van der Waals surface area contributed by atoms with Crippen molar-refractivity contribution in [2.24, 2.45) is 11.8 Å². The molecular weight excluding hydrogens is 214 g/mol. The predicted octanol–water partition coefficient (Wildman–Crippen LogP) is 0.345. The van der Waals surface area contributed by atoms with Crippen molar-refractivity contribution >= 4 is 9.84 Å². The minimum atomic E-state index is -2.73. The standard InChI is InChI=1S/C10H19NO3S/c1-3-14-8(2)11-4-9-6-15(12,13)7-10(9)5-11/h8-10H,3-7H2,1-2H3. The highest BCUT2D eigenvalue weighted by Crippen LogP contribution is 2.33. The van der Waals surface area contributed by atoms with Gasteiger partial charge in [-0.15, -0.1) is 0 Å². The van der Waals surface area contributed by atoms with E-state index >= 15 is 0 Å². The van der Waals surface area contributed by atoms with Crippen LogP contribution in [0.4, 0.5) is 0 Å². The van der Waals surface area contributed by atoms with Gasteiger partial charge in [-0.1, -0.05) is 0 Å². The largest absolute Gasteiger partial charge is 0.364 e. The van der Waals surface area contributed by atoms with E-state index in [-0.39, 0.29) is 6.23 Å². The number of rotatable bonds is 3. The summed E-state index contributed by atoms with van der Waals surface area (Å²) in [5.41, 5.74) is 0. The van der Waals surface area contributed by atoms with Crippen LogP contribution in [-0.4, -0.2) is 50.7 Å². The summed E-state index contributed by atoms with van der Waals surface area (Å²) in [6.07, 6.45) is 0.128. The number of fused-ring (bicyclic) bond motifs is 1. The predicted molar refractivity (Wildman–Crippen MR) is 58.3 cm³/mol. The van der Waals surface area contributed by atoms with E-state index in [0.29, 0.717) is 29.9 Å². The lowest BCUT2D eigenvalue weighted by Gasteiger charge is -2.24. The molecule has 0 spiro atoms. The van der Waals surface area contributed by atoms with E-state index in [9.17, 15) is 8.42 Å². The maximum Gasteiger partial charge on any atom is 0.150 e. The van der Waals surface area contributed by atoms with Crippen LogP contribution in [0.25, 0.3) is 0 Å². The fraction of sp³-hybridized carbons (Fsp3) is 1.00. The van der Waals surface area contributed by atoms with Crippen molar-refractivity contribution < 1.29 is 13.2 Å². The van der Waals surface area contributed by atoms with E-state index in [0.717, 1.165) is 13.1 Å². The number of ether oxygens (including phenoxy) is 1. The molecule has 0 bridgehead atoms. The third-order valence-corrected chi connectivity index (χ3v) is 5.33. The van der Waals surface area contributed by atoms with Gasteiger partial charge in [0.25, 0.3) is 0 Å². The van der Waals surface area contributed by atoms with Crippen molar-refractivity contribution in [1.82, 2.24) is 4.90 Å². The van der Waals surface area contributed by atoms with Crippen LogP contribution in [-0.2, 0) is 14.6 Å². The van der Waals surface area contributed by atoms with E-state index in [1.54, 1.807) is 0 Å². The van der Waals surface area contributed by atoms with Crippen LogP contribution in [0, 0.1) is 11.8 Å². The molecule has 0 amide bonds. The zero-order valence-corrected chi connectivity index (χ0v) is 10.2. The topological polar surface area (TPSA) is 46.6 Å². The summed E-state index contributed by atoms with van der Waals surface area (Å²) in [7, 11) is -2.73. The van der Waals surface area contributed by atoms with Crippen molar-refractivity contribution in [3.63, 3.8) is 0 Å². The van der Waals surface area contributed by atoms with Gasteiger partial charge in [-0.3, -0.25) is 4.90 Å². The van der Waals surface area contributed by atoms with Crippen molar-refractivity contribution in [3.8, 4) is 0 Å².